The molecule has 0 bridgehead atoms. The lowest BCUT2D eigenvalue weighted by atomic mass is 10.2. The number of hydrogen-bond donors (Lipinski definition) is 1. The van der Waals surface area contributed by atoms with Crippen LogP contribution in [0.2, 0.25) is 10.0 Å². The molecule has 1 aliphatic rings. The Morgan fingerprint density at radius 2 is 2.07 bits per heavy atom. The van der Waals surface area contributed by atoms with E-state index in [0.29, 0.717) is 27.3 Å². The summed E-state index contributed by atoms with van der Waals surface area (Å²) in [5, 5.41) is 4.22. The minimum absolute atomic E-state index is 0.145. The number of carbonyl (C=O) groups excluding carboxylic acids is 1. The molecule has 4 rings (SSSR count). The number of amides is 1. The molecule has 1 aromatic carbocycles. The molecule has 0 aliphatic heterocycles. The number of halogens is 2. The molecular weight excluding hydrogens is 443 g/mol. The quantitative estimate of drug-likeness (QED) is 0.440. The van der Waals surface area contributed by atoms with E-state index in [4.69, 9.17) is 23.2 Å². The van der Waals surface area contributed by atoms with Crippen molar-refractivity contribution < 1.29 is 4.79 Å². The lowest BCUT2D eigenvalue weighted by Gasteiger charge is -2.14. The molecule has 6 nitrogen and oxygen atoms in total. The molecule has 0 radical (unpaired) electrons. The van der Waals surface area contributed by atoms with Gasteiger partial charge in [-0.2, -0.15) is 4.98 Å². The van der Waals surface area contributed by atoms with Crippen molar-refractivity contribution in [3.8, 4) is 0 Å². The Labute approximate surface area is 187 Å². The molecule has 1 N–H and O–H groups in total. The third-order valence-corrected chi connectivity index (χ3v) is 6.56. The van der Waals surface area contributed by atoms with E-state index in [0.717, 1.165) is 36.1 Å². The van der Waals surface area contributed by atoms with Gasteiger partial charge in [-0.1, -0.05) is 41.0 Å². The zero-order valence-electron chi connectivity index (χ0n) is 15.9. The van der Waals surface area contributed by atoms with Crippen LogP contribution in [0.1, 0.15) is 23.2 Å². The zero-order chi connectivity index (χ0) is 21.1. The second kappa shape index (κ2) is 9.20. The van der Waals surface area contributed by atoms with Crippen LogP contribution in [-0.2, 0) is 24.2 Å². The number of anilines is 1. The minimum atomic E-state index is -0.299. The molecule has 2 aromatic heterocycles. The van der Waals surface area contributed by atoms with E-state index in [1.54, 1.807) is 35.2 Å². The van der Waals surface area contributed by atoms with Crippen molar-refractivity contribution in [3.63, 3.8) is 0 Å². The largest absolute Gasteiger partial charge is 0.349 e. The van der Waals surface area contributed by atoms with Crippen LogP contribution in [0, 0.1) is 0 Å². The molecular formula is C21H18Cl2N4O2S. The molecule has 30 heavy (non-hydrogen) atoms. The third kappa shape index (κ3) is 4.69. The molecule has 0 atom stereocenters. The summed E-state index contributed by atoms with van der Waals surface area (Å²) >= 11 is 13.2. The molecule has 0 saturated heterocycles. The smallest absolute Gasteiger partial charge is 0.325 e. The summed E-state index contributed by atoms with van der Waals surface area (Å²) in [7, 11) is 0. The van der Waals surface area contributed by atoms with E-state index in [1.165, 1.54) is 11.8 Å². The van der Waals surface area contributed by atoms with E-state index in [1.807, 2.05) is 12.1 Å². The van der Waals surface area contributed by atoms with Crippen LogP contribution in [0.5, 0.6) is 0 Å². The number of nitrogens with zero attached hydrogens (tertiary/aromatic N) is 3. The number of rotatable bonds is 6. The highest BCUT2D eigenvalue weighted by molar-refractivity contribution is 8.00. The Morgan fingerprint density at radius 1 is 1.20 bits per heavy atom. The van der Waals surface area contributed by atoms with Gasteiger partial charge >= 0.3 is 5.69 Å². The van der Waals surface area contributed by atoms with Crippen LogP contribution in [0.4, 0.5) is 5.69 Å². The maximum Gasteiger partial charge on any atom is 0.349 e. The molecule has 0 unspecified atom stereocenters. The van der Waals surface area contributed by atoms with E-state index < -0.39 is 0 Å². The van der Waals surface area contributed by atoms with Crippen LogP contribution in [0.3, 0.4) is 0 Å². The molecule has 0 saturated carbocycles. The van der Waals surface area contributed by atoms with Crippen molar-refractivity contribution >= 4 is 46.6 Å². The fourth-order valence-corrected chi connectivity index (χ4v) is 4.62. The van der Waals surface area contributed by atoms with Gasteiger partial charge in [0.2, 0.25) is 5.91 Å². The Kier molecular flexibility index (Phi) is 6.41. The van der Waals surface area contributed by atoms with Crippen LogP contribution in [0.25, 0.3) is 0 Å². The molecule has 9 heteroatoms. The number of fused-ring (bicyclic) bond motifs is 1. The van der Waals surface area contributed by atoms with Crippen molar-refractivity contribution in [1.29, 1.82) is 0 Å². The molecule has 154 valence electrons. The zero-order valence-corrected chi connectivity index (χ0v) is 18.2. The number of aromatic nitrogens is 3. The fraction of sp³-hybridized carbons (Fsp3) is 0.238. The first-order valence-corrected chi connectivity index (χ1v) is 11.1. The SMILES string of the molecule is O=C(CSc1nc(=O)n(Cc2cccnc2)c2c1CCC2)Nc1ccc(Cl)c(Cl)c1. The van der Waals surface area contributed by atoms with Gasteiger partial charge in [0.1, 0.15) is 5.03 Å². The summed E-state index contributed by atoms with van der Waals surface area (Å²) in [5.74, 6) is -0.0578. The van der Waals surface area contributed by atoms with Crippen LogP contribution < -0.4 is 11.0 Å². The van der Waals surface area contributed by atoms with Crippen LogP contribution >= 0.6 is 35.0 Å². The number of nitrogens with one attached hydrogen (secondary N) is 1. The van der Waals surface area contributed by atoms with E-state index >= 15 is 0 Å². The standard InChI is InChI=1S/C21H18Cl2N4O2S/c22-16-7-6-14(9-17(16)23)25-19(28)12-30-20-15-4-1-5-18(15)27(21(29)26-20)11-13-3-2-8-24-10-13/h2-3,6-10H,1,4-5,11-12H2,(H,25,28). The van der Waals surface area contributed by atoms with Crippen LogP contribution in [-0.4, -0.2) is 26.2 Å². The Morgan fingerprint density at radius 3 is 2.83 bits per heavy atom. The Bertz CT molecular complexity index is 1150. The highest BCUT2D eigenvalue weighted by Gasteiger charge is 2.22. The van der Waals surface area contributed by atoms with Gasteiger partial charge in [-0.25, -0.2) is 4.79 Å². The van der Waals surface area contributed by atoms with Gasteiger partial charge in [0, 0.05) is 29.3 Å². The monoisotopic (exact) mass is 460 g/mol. The predicted molar refractivity (Wildman–Crippen MR) is 120 cm³/mol. The minimum Gasteiger partial charge on any atom is -0.325 e. The van der Waals surface area contributed by atoms with E-state index in [-0.39, 0.29) is 17.3 Å². The normalized spacial score (nSPS) is 12.6. The Hall–Kier alpha value is -2.35. The lowest BCUT2D eigenvalue weighted by Crippen LogP contribution is -2.28. The average Bonchev–Trinajstić information content (AvgIpc) is 3.22. The van der Waals surface area contributed by atoms with Gasteiger partial charge in [-0.05, 0) is 49.1 Å². The Balaban J connectivity index is 1.49. The fourth-order valence-electron chi connectivity index (χ4n) is 3.45. The van der Waals surface area contributed by atoms with Crippen molar-refractivity contribution in [2.45, 2.75) is 30.8 Å². The molecule has 0 fully saturated rings. The van der Waals surface area contributed by atoms with Gasteiger partial charge in [0.05, 0.1) is 22.3 Å². The number of hydrogen-bond acceptors (Lipinski definition) is 5. The average molecular weight is 461 g/mol. The molecule has 1 aliphatic carbocycles. The summed E-state index contributed by atoms with van der Waals surface area (Å²) in [6.45, 7) is 0.449. The molecule has 0 spiro atoms. The van der Waals surface area contributed by atoms with Gasteiger partial charge in [-0.3, -0.25) is 14.3 Å². The summed E-state index contributed by atoms with van der Waals surface area (Å²) in [6.07, 6.45) is 6.11. The van der Waals surface area contributed by atoms with E-state index in [9.17, 15) is 9.59 Å². The van der Waals surface area contributed by atoms with Gasteiger partial charge in [-0.15, -0.1) is 0 Å². The first-order chi connectivity index (χ1) is 14.5. The number of benzene rings is 1. The van der Waals surface area contributed by atoms with Gasteiger partial charge in [0.15, 0.2) is 0 Å². The van der Waals surface area contributed by atoms with Gasteiger partial charge < -0.3 is 5.32 Å². The summed E-state index contributed by atoms with van der Waals surface area (Å²) in [6, 6.07) is 8.71. The first-order valence-electron chi connectivity index (χ1n) is 9.40. The molecule has 1 amide bonds. The van der Waals surface area contributed by atoms with Crippen molar-refractivity contribution in [2.75, 3.05) is 11.1 Å². The summed E-state index contributed by atoms with van der Waals surface area (Å²) in [4.78, 5) is 33.4. The first kappa shape index (κ1) is 20.9. The second-order valence-electron chi connectivity index (χ2n) is 6.89. The number of thioether (sulfide) groups is 1. The maximum absolute atomic E-state index is 12.7. The number of pyridine rings is 1. The maximum atomic E-state index is 12.7. The molecule has 3 aromatic rings. The lowest BCUT2D eigenvalue weighted by molar-refractivity contribution is -0.113. The van der Waals surface area contributed by atoms with Gasteiger partial charge in [0.25, 0.3) is 0 Å². The highest BCUT2D eigenvalue weighted by atomic mass is 35.5. The molecule has 2 heterocycles. The van der Waals surface area contributed by atoms with Crippen molar-refractivity contribution in [1.82, 2.24) is 14.5 Å². The number of carbonyl (C=O) groups is 1. The topological polar surface area (TPSA) is 76.9 Å². The van der Waals surface area contributed by atoms with E-state index in [2.05, 4.69) is 15.3 Å². The third-order valence-electron chi connectivity index (χ3n) is 4.81. The highest BCUT2D eigenvalue weighted by Crippen LogP contribution is 2.30. The van der Waals surface area contributed by atoms with Crippen molar-refractivity contribution in [3.05, 3.63) is 80.1 Å². The van der Waals surface area contributed by atoms with Crippen LogP contribution in [0.15, 0.2) is 52.5 Å². The predicted octanol–water partition coefficient (Wildman–Crippen LogP) is 4.21. The summed E-state index contributed by atoms with van der Waals surface area (Å²) < 4.78 is 1.72. The van der Waals surface area contributed by atoms with Crippen molar-refractivity contribution in [2.24, 2.45) is 0 Å². The summed E-state index contributed by atoms with van der Waals surface area (Å²) in [5.41, 5.74) is 3.29. The second-order valence-corrected chi connectivity index (χ2v) is 8.67.